The first-order valence-electron chi connectivity index (χ1n) is 6.26. The quantitative estimate of drug-likeness (QED) is 0.456. The van der Waals surface area contributed by atoms with Gasteiger partial charge in [-0.25, -0.2) is 4.79 Å². The largest absolute Gasteiger partial charge is 0.423 e. The molecule has 2 rings (SSSR count). The summed E-state index contributed by atoms with van der Waals surface area (Å²) in [6, 6.07) is 16.6. The van der Waals surface area contributed by atoms with Crippen molar-refractivity contribution in [3.8, 4) is 5.75 Å². The van der Waals surface area contributed by atoms with Crippen molar-refractivity contribution in [2.45, 2.75) is 12.8 Å². The Bertz CT molecular complexity index is 541. The molecule has 0 saturated heterocycles. The van der Waals surface area contributed by atoms with Gasteiger partial charge in [0.2, 0.25) is 0 Å². The summed E-state index contributed by atoms with van der Waals surface area (Å²) in [4.78, 5) is 11.9. The summed E-state index contributed by atoms with van der Waals surface area (Å²) in [7, 11) is 0. The Morgan fingerprint density at radius 1 is 1.05 bits per heavy atom. The molecule has 0 aromatic heterocycles. The fourth-order valence-electron chi connectivity index (χ4n) is 1.73. The minimum atomic E-state index is -0.332. The summed E-state index contributed by atoms with van der Waals surface area (Å²) >= 11 is 0. The third kappa shape index (κ3) is 3.81. The van der Waals surface area contributed by atoms with Gasteiger partial charge in [-0.3, -0.25) is 0 Å². The minimum Gasteiger partial charge on any atom is -0.423 e. The molecule has 0 aliphatic rings. The molecule has 0 saturated carbocycles. The third-order valence-electron chi connectivity index (χ3n) is 2.78. The van der Waals surface area contributed by atoms with Gasteiger partial charge in [-0.1, -0.05) is 36.4 Å². The number of carbonyl (C=O) groups is 1. The third-order valence-corrected chi connectivity index (χ3v) is 2.78. The fourth-order valence-corrected chi connectivity index (χ4v) is 1.73. The van der Waals surface area contributed by atoms with Crippen molar-refractivity contribution < 1.29 is 9.53 Å². The van der Waals surface area contributed by atoms with Crippen LogP contribution in [0.2, 0.25) is 0 Å². The van der Waals surface area contributed by atoms with E-state index in [0.717, 1.165) is 12.8 Å². The van der Waals surface area contributed by atoms with Crippen molar-refractivity contribution in [2.24, 2.45) is 0 Å². The normalized spacial score (nSPS) is 9.89. The molecule has 2 nitrogen and oxygen atoms in total. The number of carbonyl (C=O) groups excluding carboxylic acids is 1. The molecule has 0 aliphatic heterocycles. The van der Waals surface area contributed by atoms with Crippen molar-refractivity contribution in [1.82, 2.24) is 0 Å². The molecule has 0 N–H and O–H groups in total. The van der Waals surface area contributed by atoms with Crippen LogP contribution in [0.25, 0.3) is 0 Å². The Hall–Kier alpha value is -2.35. The van der Waals surface area contributed by atoms with E-state index in [1.54, 1.807) is 24.3 Å². The lowest BCUT2D eigenvalue weighted by atomic mass is 10.1. The number of rotatable bonds is 5. The molecule has 0 atom stereocenters. The van der Waals surface area contributed by atoms with Crippen molar-refractivity contribution in [3.05, 3.63) is 78.4 Å². The van der Waals surface area contributed by atoms with Crippen LogP contribution in [0.3, 0.4) is 0 Å². The lowest BCUT2D eigenvalue weighted by Gasteiger charge is -2.05. The Kier molecular flexibility index (Phi) is 4.51. The van der Waals surface area contributed by atoms with Crippen molar-refractivity contribution in [1.29, 1.82) is 0 Å². The fraction of sp³-hybridized carbons (Fsp3) is 0.118. The molecule has 2 aromatic carbocycles. The van der Waals surface area contributed by atoms with Gasteiger partial charge in [-0.2, -0.15) is 0 Å². The maximum Gasteiger partial charge on any atom is 0.343 e. The maximum absolute atomic E-state index is 11.9. The molecule has 2 aromatic rings. The van der Waals surface area contributed by atoms with E-state index in [1.807, 2.05) is 36.4 Å². The molecule has 2 heteroatoms. The molecule has 0 spiro atoms. The Labute approximate surface area is 113 Å². The summed E-state index contributed by atoms with van der Waals surface area (Å²) in [5, 5.41) is 0. The van der Waals surface area contributed by atoms with E-state index in [1.165, 1.54) is 5.56 Å². The van der Waals surface area contributed by atoms with Crippen LogP contribution in [0.15, 0.2) is 67.3 Å². The lowest BCUT2D eigenvalue weighted by Crippen LogP contribution is -2.08. The molecule has 0 fully saturated rings. The second-order valence-corrected chi connectivity index (χ2v) is 4.23. The Morgan fingerprint density at radius 3 is 2.37 bits per heavy atom. The van der Waals surface area contributed by atoms with Crippen molar-refractivity contribution in [3.63, 3.8) is 0 Å². The van der Waals surface area contributed by atoms with E-state index in [0.29, 0.717) is 11.3 Å². The number of aryl methyl sites for hydroxylation is 1. The summed E-state index contributed by atoms with van der Waals surface area (Å²) in [6.45, 7) is 3.69. The van der Waals surface area contributed by atoms with E-state index in [9.17, 15) is 4.79 Å². The number of benzene rings is 2. The second-order valence-electron chi connectivity index (χ2n) is 4.23. The zero-order valence-corrected chi connectivity index (χ0v) is 10.7. The highest BCUT2D eigenvalue weighted by molar-refractivity contribution is 5.91. The first-order chi connectivity index (χ1) is 9.29. The average Bonchev–Trinajstić information content (AvgIpc) is 2.46. The molecule has 0 amide bonds. The monoisotopic (exact) mass is 252 g/mol. The number of esters is 1. The number of ether oxygens (including phenoxy) is 1. The van der Waals surface area contributed by atoms with Gasteiger partial charge in [0.05, 0.1) is 5.56 Å². The molecule has 0 radical (unpaired) electrons. The van der Waals surface area contributed by atoms with Gasteiger partial charge in [0.1, 0.15) is 5.75 Å². The predicted molar refractivity (Wildman–Crippen MR) is 76.4 cm³/mol. The van der Waals surface area contributed by atoms with E-state index in [2.05, 4.69) is 6.58 Å². The van der Waals surface area contributed by atoms with Crippen LogP contribution in [0.4, 0.5) is 0 Å². The minimum absolute atomic E-state index is 0.332. The van der Waals surface area contributed by atoms with Gasteiger partial charge in [-0.15, -0.1) is 6.58 Å². The first-order valence-corrected chi connectivity index (χ1v) is 6.26. The summed E-state index contributed by atoms with van der Waals surface area (Å²) in [6.07, 6.45) is 3.77. The molecule has 96 valence electrons. The average molecular weight is 252 g/mol. The van der Waals surface area contributed by atoms with Gasteiger partial charge in [0, 0.05) is 0 Å². The van der Waals surface area contributed by atoms with Gasteiger partial charge in [0.15, 0.2) is 0 Å². The standard InChI is InChI=1S/C17H16O2/c1-2-3-7-14-10-12-15(13-11-14)17(18)19-16-8-5-4-6-9-16/h2,4-6,8-13H,1,3,7H2. The highest BCUT2D eigenvalue weighted by atomic mass is 16.5. The maximum atomic E-state index is 11.9. The first kappa shape index (κ1) is 13.1. The van der Waals surface area contributed by atoms with Gasteiger partial charge in [0.25, 0.3) is 0 Å². The summed E-state index contributed by atoms with van der Waals surface area (Å²) < 4.78 is 5.27. The second kappa shape index (κ2) is 6.55. The van der Waals surface area contributed by atoms with E-state index >= 15 is 0 Å². The van der Waals surface area contributed by atoms with E-state index in [4.69, 9.17) is 4.74 Å². The highest BCUT2D eigenvalue weighted by Crippen LogP contribution is 2.13. The predicted octanol–water partition coefficient (Wildman–Crippen LogP) is 4.02. The van der Waals surface area contributed by atoms with E-state index in [-0.39, 0.29) is 5.97 Å². The van der Waals surface area contributed by atoms with Crippen LogP contribution in [-0.4, -0.2) is 5.97 Å². The number of hydrogen-bond donors (Lipinski definition) is 0. The summed E-state index contributed by atoms with van der Waals surface area (Å²) in [5.41, 5.74) is 1.75. The van der Waals surface area contributed by atoms with Crippen LogP contribution >= 0.6 is 0 Å². The van der Waals surface area contributed by atoms with Crippen molar-refractivity contribution in [2.75, 3.05) is 0 Å². The van der Waals surface area contributed by atoms with Crippen molar-refractivity contribution >= 4 is 5.97 Å². The van der Waals surface area contributed by atoms with Crippen LogP contribution in [0.1, 0.15) is 22.3 Å². The zero-order valence-electron chi connectivity index (χ0n) is 10.7. The van der Waals surface area contributed by atoms with Gasteiger partial charge >= 0.3 is 5.97 Å². The van der Waals surface area contributed by atoms with Crippen LogP contribution < -0.4 is 4.74 Å². The van der Waals surface area contributed by atoms with E-state index < -0.39 is 0 Å². The number of allylic oxidation sites excluding steroid dienone is 1. The smallest absolute Gasteiger partial charge is 0.343 e. The Balaban J connectivity index is 2.01. The zero-order chi connectivity index (χ0) is 13.5. The summed E-state index contributed by atoms with van der Waals surface area (Å²) in [5.74, 6) is 0.227. The van der Waals surface area contributed by atoms with Crippen LogP contribution in [0, 0.1) is 0 Å². The van der Waals surface area contributed by atoms with Gasteiger partial charge in [-0.05, 0) is 42.7 Å². The molecular weight excluding hydrogens is 236 g/mol. The molecule has 0 bridgehead atoms. The molecular formula is C17H16O2. The molecule has 19 heavy (non-hydrogen) atoms. The molecule has 0 aliphatic carbocycles. The van der Waals surface area contributed by atoms with Crippen LogP contribution in [0.5, 0.6) is 5.75 Å². The van der Waals surface area contributed by atoms with Gasteiger partial charge < -0.3 is 4.74 Å². The molecule has 0 heterocycles. The SMILES string of the molecule is C=CCCc1ccc(C(=O)Oc2ccccc2)cc1. The number of para-hydroxylation sites is 1. The highest BCUT2D eigenvalue weighted by Gasteiger charge is 2.07. The number of hydrogen-bond acceptors (Lipinski definition) is 2. The Morgan fingerprint density at radius 2 is 1.74 bits per heavy atom. The topological polar surface area (TPSA) is 26.3 Å². The lowest BCUT2D eigenvalue weighted by molar-refractivity contribution is 0.0735. The molecule has 0 unspecified atom stereocenters. The van der Waals surface area contributed by atoms with Crippen LogP contribution in [-0.2, 0) is 6.42 Å².